The summed E-state index contributed by atoms with van der Waals surface area (Å²) in [5.41, 5.74) is 14.2. The number of fused-ring (bicyclic) bond motifs is 8. The van der Waals surface area contributed by atoms with Gasteiger partial charge in [-0.1, -0.05) is 127 Å². The molecule has 0 unspecified atom stereocenters. The van der Waals surface area contributed by atoms with E-state index in [1.54, 1.807) is 0 Å². The fourth-order valence-electron chi connectivity index (χ4n) is 7.91. The highest BCUT2D eigenvalue weighted by Gasteiger charge is 2.24. The molecule has 0 atom stereocenters. The van der Waals surface area contributed by atoms with Gasteiger partial charge in [0.15, 0.2) is 5.58 Å². The molecular weight excluding hydrogens is 649 g/mol. The molecule has 0 aliphatic rings. The third kappa shape index (κ3) is 4.57. The Hall–Kier alpha value is -7.24. The number of rotatable bonds is 5. The van der Waals surface area contributed by atoms with E-state index in [0.29, 0.717) is 0 Å². The first kappa shape index (κ1) is 29.5. The lowest BCUT2D eigenvalue weighted by atomic mass is 9.99. The molecule has 0 saturated heterocycles. The summed E-state index contributed by atoms with van der Waals surface area (Å²) in [4.78, 5) is 10.5. The minimum atomic E-state index is 0.794. The van der Waals surface area contributed by atoms with Crippen LogP contribution in [0.15, 0.2) is 186 Å². The fraction of sp³-hybridized carbons (Fsp3) is 0. The lowest BCUT2D eigenvalue weighted by Crippen LogP contribution is -1.97. The summed E-state index contributed by atoms with van der Waals surface area (Å²) in [5.74, 6) is 0.922. The van der Waals surface area contributed by atoms with Gasteiger partial charge in [0, 0.05) is 38.7 Å². The number of imidazole rings is 1. The minimum absolute atomic E-state index is 0.794. The van der Waals surface area contributed by atoms with E-state index in [0.717, 1.165) is 100 Å². The molecule has 4 aromatic heterocycles. The molecule has 0 N–H and O–H groups in total. The van der Waals surface area contributed by atoms with Gasteiger partial charge < -0.3 is 8.98 Å². The maximum atomic E-state index is 6.63. The first-order valence-electron chi connectivity index (χ1n) is 17.8. The van der Waals surface area contributed by atoms with Crippen LogP contribution >= 0.6 is 0 Å². The second-order valence-corrected chi connectivity index (χ2v) is 13.4. The summed E-state index contributed by atoms with van der Waals surface area (Å²) in [6.45, 7) is 0. The molecule has 5 nitrogen and oxygen atoms in total. The van der Waals surface area contributed by atoms with Gasteiger partial charge in [-0.2, -0.15) is 0 Å². The van der Waals surface area contributed by atoms with Gasteiger partial charge >= 0.3 is 0 Å². The quantitative estimate of drug-likeness (QED) is 0.182. The average Bonchev–Trinajstić information content (AvgIpc) is 3.92. The number of benzene rings is 7. The van der Waals surface area contributed by atoms with Crippen LogP contribution < -0.4 is 0 Å². The van der Waals surface area contributed by atoms with Crippen molar-refractivity contribution < 1.29 is 4.42 Å². The molecule has 0 radical (unpaired) electrons. The first-order chi connectivity index (χ1) is 26.3. The van der Waals surface area contributed by atoms with E-state index in [1.165, 1.54) is 0 Å². The summed E-state index contributed by atoms with van der Waals surface area (Å²) in [5, 5.41) is 3.22. The highest BCUT2D eigenvalue weighted by atomic mass is 16.3. The number of aromatic nitrogens is 4. The number of furan rings is 1. The lowest BCUT2D eigenvalue weighted by Gasteiger charge is -2.11. The molecule has 0 fully saturated rings. The Morgan fingerprint density at radius 3 is 1.68 bits per heavy atom. The predicted molar refractivity (Wildman–Crippen MR) is 217 cm³/mol. The minimum Gasteiger partial charge on any atom is -0.452 e. The Balaban J connectivity index is 1.05. The maximum absolute atomic E-state index is 6.63. The monoisotopic (exact) mass is 678 g/mol. The molecule has 0 aliphatic carbocycles. The molecule has 0 aliphatic heterocycles. The van der Waals surface area contributed by atoms with Crippen LogP contribution in [0.5, 0.6) is 0 Å². The predicted octanol–water partition coefficient (Wildman–Crippen LogP) is 12.4. The van der Waals surface area contributed by atoms with E-state index < -0.39 is 0 Å². The number of hydrogen-bond donors (Lipinski definition) is 0. The van der Waals surface area contributed by atoms with E-state index in [-0.39, 0.29) is 0 Å². The van der Waals surface area contributed by atoms with Gasteiger partial charge in [-0.3, -0.25) is 4.57 Å². The summed E-state index contributed by atoms with van der Waals surface area (Å²) in [7, 11) is 0. The van der Waals surface area contributed by atoms with E-state index in [2.05, 4.69) is 161 Å². The van der Waals surface area contributed by atoms with Gasteiger partial charge in [0.05, 0.1) is 22.2 Å². The van der Waals surface area contributed by atoms with Crippen molar-refractivity contribution in [3.63, 3.8) is 0 Å². The van der Waals surface area contributed by atoms with Crippen LogP contribution in [0.25, 0.3) is 100 Å². The molecule has 53 heavy (non-hydrogen) atoms. The molecular formula is C48H30N4O. The van der Waals surface area contributed by atoms with Crippen LogP contribution in [0.4, 0.5) is 0 Å². The van der Waals surface area contributed by atoms with Gasteiger partial charge in [0.2, 0.25) is 0 Å². The highest BCUT2D eigenvalue weighted by molar-refractivity contribution is 6.24. The molecule has 4 heterocycles. The Morgan fingerprint density at radius 1 is 0.415 bits per heavy atom. The standard InChI is InChI=1S/C48H30N4O/c1-3-13-35(14-4-1)51-40-20-10-7-17-37(40)43-44(50-45-38-18-8-12-22-42(38)53-47(45)46(43)51)33-27-23-31(24-28-33)32-25-29-34(30-26-32)48-49-39-19-9-11-21-41(39)52(48)36-15-5-2-6-16-36/h1-30H. The molecule has 7 aromatic carbocycles. The number of para-hydroxylation sites is 6. The second kappa shape index (κ2) is 11.7. The lowest BCUT2D eigenvalue weighted by molar-refractivity contribution is 0.670. The van der Waals surface area contributed by atoms with Crippen molar-refractivity contribution in [2.45, 2.75) is 0 Å². The summed E-state index contributed by atoms with van der Waals surface area (Å²) >= 11 is 0. The molecule has 0 bridgehead atoms. The molecule has 5 heteroatoms. The Bertz CT molecular complexity index is 3140. The van der Waals surface area contributed by atoms with Crippen molar-refractivity contribution in [2.24, 2.45) is 0 Å². The zero-order valence-electron chi connectivity index (χ0n) is 28.5. The topological polar surface area (TPSA) is 48.8 Å². The van der Waals surface area contributed by atoms with Gasteiger partial charge in [0.25, 0.3) is 0 Å². The van der Waals surface area contributed by atoms with E-state index >= 15 is 0 Å². The van der Waals surface area contributed by atoms with Crippen LogP contribution in [0, 0.1) is 0 Å². The molecule has 0 spiro atoms. The number of hydrogen-bond acceptors (Lipinski definition) is 3. The van der Waals surface area contributed by atoms with Crippen molar-refractivity contribution in [3.8, 4) is 45.1 Å². The Morgan fingerprint density at radius 2 is 0.962 bits per heavy atom. The molecule has 11 rings (SSSR count). The fourth-order valence-corrected chi connectivity index (χ4v) is 7.91. The van der Waals surface area contributed by atoms with Gasteiger partial charge in [0.1, 0.15) is 22.4 Å². The van der Waals surface area contributed by atoms with Crippen LogP contribution in [-0.4, -0.2) is 19.1 Å². The smallest absolute Gasteiger partial charge is 0.178 e. The third-order valence-electron chi connectivity index (χ3n) is 10.3. The zero-order chi connectivity index (χ0) is 34.9. The van der Waals surface area contributed by atoms with Crippen molar-refractivity contribution in [1.29, 1.82) is 0 Å². The van der Waals surface area contributed by atoms with Crippen molar-refractivity contribution in [3.05, 3.63) is 182 Å². The summed E-state index contributed by atoms with van der Waals surface area (Å²) in [6.07, 6.45) is 0. The molecule has 248 valence electrons. The Kier molecular flexibility index (Phi) is 6.48. The van der Waals surface area contributed by atoms with Crippen molar-refractivity contribution in [2.75, 3.05) is 0 Å². The summed E-state index contributed by atoms with van der Waals surface area (Å²) < 4.78 is 11.2. The SMILES string of the molecule is c1ccc(-n2c(-c3ccc(-c4ccc(-c5nc6c7ccccc7oc6c6c5c5ccccc5n6-c5ccccc5)cc4)cc3)nc3ccccc32)cc1. The average molecular weight is 679 g/mol. The molecule has 0 amide bonds. The molecule has 0 saturated carbocycles. The second-order valence-electron chi connectivity index (χ2n) is 13.4. The van der Waals surface area contributed by atoms with E-state index in [1.807, 2.05) is 30.3 Å². The molecule has 11 aromatic rings. The van der Waals surface area contributed by atoms with Crippen molar-refractivity contribution in [1.82, 2.24) is 19.1 Å². The Labute approximate surface area is 304 Å². The zero-order valence-corrected chi connectivity index (χ0v) is 28.5. The van der Waals surface area contributed by atoms with Crippen LogP contribution in [0.2, 0.25) is 0 Å². The highest BCUT2D eigenvalue weighted by Crippen LogP contribution is 2.44. The van der Waals surface area contributed by atoms with Gasteiger partial charge in [-0.15, -0.1) is 0 Å². The van der Waals surface area contributed by atoms with E-state index in [9.17, 15) is 0 Å². The normalized spacial score (nSPS) is 11.8. The third-order valence-corrected chi connectivity index (χ3v) is 10.3. The first-order valence-corrected chi connectivity index (χ1v) is 17.8. The van der Waals surface area contributed by atoms with Crippen molar-refractivity contribution >= 4 is 54.9 Å². The largest absolute Gasteiger partial charge is 0.452 e. The number of nitrogens with zero attached hydrogens (tertiary/aromatic N) is 4. The van der Waals surface area contributed by atoms with Gasteiger partial charge in [-0.05, 0) is 65.7 Å². The van der Waals surface area contributed by atoms with Crippen LogP contribution in [0.3, 0.4) is 0 Å². The van der Waals surface area contributed by atoms with E-state index in [4.69, 9.17) is 14.4 Å². The van der Waals surface area contributed by atoms with Gasteiger partial charge in [-0.25, -0.2) is 9.97 Å². The van der Waals surface area contributed by atoms with Crippen LogP contribution in [-0.2, 0) is 0 Å². The summed E-state index contributed by atoms with van der Waals surface area (Å²) in [6, 6.07) is 63.5. The maximum Gasteiger partial charge on any atom is 0.178 e. The number of pyridine rings is 1. The van der Waals surface area contributed by atoms with Crippen LogP contribution in [0.1, 0.15) is 0 Å².